The minimum Gasteiger partial charge on any atom is -0.465 e. The van der Waals surface area contributed by atoms with Crippen molar-refractivity contribution in [2.45, 2.75) is 40.2 Å². The molecule has 1 saturated heterocycles. The zero-order valence-electron chi connectivity index (χ0n) is 24.8. The van der Waals surface area contributed by atoms with Gasteiger partial charge >= 0.3 is 6.09 Å². The fourth-order valence-electron chi connectivity index (χ4n) is 5.28. The van der Waals surface area contributed by atoms with Crippen LogP contribution in [0.5, 0.6) is 5.75 Å². The lowest BCUT2D eigenvalue weighted by molar-refractivity contribution is 0.0240. The first-order chi connectivity index (χ1) is 19.4. The molecular formula is C30H38N6O5. The standard InChI is InChI=1S/C30H38N6O5/c1-18-14-22-24(35-10-12-36(13-11-35)29(38)41-30(3,4)5)9-8-21(26(22)31-18)28(37)32-23-15-20-16-34(6)33-25(20)19(2)27(23)40-17-39-7/h8-9,14-16,31H,10-13,17H2,1-7H3,(H,32,37). The molecule has 0 atom stereocenters. The van der Waals surface area contributed by atoms with Gasteiger partial charge in [0.25, 0.3) is 5.91 Å². The van der Waals surface area contributed by atoms with Crippen molar-refractivity contribution in [2.75, 3.05) is 50.3 Å². The van der Waals surface area contributed by atoms with Crippen molar-refractivity contribution in [3.8, 4) is 5.75 Å². The van der Waals surface area contributed by atoms with E-state index in [1.165, 1.54) is 0 Å². The van der Waals surface area contributed by atoms with Gasteiger partial charge in [0.05, 0.1) is 22.3 Å². The van der Waals surface area contributed by atoms with Crippen LogP contribution in [-0.2, 0) is 16.5 Å². The van der Waals surface area contributed by atoms with Crippen molar-refractivity contribution >= 4 is 45.2 Å². The second kappa shape index (κ2) is 11.0. The minimum atomic E-state index is -0.529. The van der Waals surface area contributed by atoms with Gasteiger partial charge in [0.1, 0.15) is 5.60 Å². The molecule has 41 heavy (non-hydrogen) atoms. The summed E-state index contributed by atoms with van der Waals surface area (Å²) in [5.74, 6) is 0.257. The number of anilines is 2. The number of aromatic amines is 1. The van der Waals surface area contributed by atoms with Gasteiger partial charge in [-0.1, -0.05) is 0 Å². The fraction of sp³-hybridized carbons (Fsp3) is 0.433. The Bertz CT molecular complexity index is 1610. The zero-order chi connectivity index (χ0) is 29.5. The van der Waals surface area contributed by atoms with E-state index in [1.54, 1.807) is 16.7 Å². The molecule has 0 saturated carbocycles. The summed E-state index contributed by atoms with van der Waals surface area (Å²) in [5, 5.41) is 9.45. The maximum absolute atomic E-state index is 13.7. The number of ether oxygens (including phenoxy) is 3. The highest BCUT2D eigenvalue weighted by Gasteiger charge is 2.27. The van der Waals surface area contributed by atoms with E-state index in [1.807, 2.05) is 66.1 Å². The van der Waals surface area contributed by atoms with E-state index < -0.39 is 5.60 Å². The number of amides is 2. The van der Waals surface area contributed by atoms with E-state index >= 15 is 0 Å². The lowest BCUT2D eigenvalue weighted by Gasteiger charge is -2.37. The Labute approximate surface area is 239 Å². The lowest BCUT2D eigenvalue weighted by atomic mass is 10.1. The predicted octanol–water partition coefficient (Wildman–Crippen LogP) is 4.96. The summed E-state index contributed by atoms with van der Waals surface area (Å²) in [6.07, 6.45) is 1.61. The summed E-state index contributed by atoms with van der Waals surface area (Å²) in [4.78, 5) is 33.6. The van der Waals surface area contributed by atoms with E-state index in [0.29, 0.717) is 43.2 Å². The third kappa shape index (κ3) is 5.81. The van der Waals surface area contributed by atoms with Gasteiger partial charge in [0.2, 0.25) is 0 Å². The Morgan fingerprint density at radius 1 is 1.10 bits per heavy atom. The van der Waals surface area contributed by atoms with Crippen LogP contribution in [0.3, 0.4) is 0 Å². The van der Waals surface area contributed by atoms with Crippen LogP contribution >= 0.6 is 0 Å². The molecule has 1 aliphatic heterocycles. The monoisotopic (exact) mass is 562 g/mol. The van der Waals surface area contributed by atoms with E-state index in [2.05, 4.69) is 26.4 Å². The summed E-state index contributed by atoms with van der Waals surface area (Å²) in [6.45, 7) is 12.0. The Hall–Kier alpha value is -4.25. The molecule has 0 radical (unpaired) electrons. The summed E-state index contributed by atoms with van der Waals surface area (Å²) >= 11 is 0. The van der Waals surface area contributed by atoms with Gasteiger partial charge in [-0.15, -0.1) is 0 Å². The molecule has 0 bridgehead atoms. The van der Waals surface area contributed by atoms with Crippen molar-refractivity contribution in [2.24, 2.45) is 7.05 Å². The number of aromatic nitrogens is 3. The molecule has 11 heteroatoms. The number of hydrogen-bond acceptors (Lipinski definition) is 7. The summed E-state index contributed by atoms with van der Waals surface area (Å²) in [7, 11) is 3.41. The molecular weight excluding hydrogens is 524 g/mol. The smallest absolute Gasteiger partial charge is 0.410 e. The number of piperazine rings is 1. The first kappa shape index (κ1) is 28.3. The third-order valence-corrected chi connectivity index (χ3v) is 7.09. The predicted molar refractivity (Wildman–Crippen MR) is 159 cm³/mol. The number of fused-ring (bicyclic) bond motifs is 2. The average Bonchev–Trinajstić information content (AvgIpc) is 3.48. The van der Waals surface area contributed by atoms with Gasteiger partial charge in [0, 0.05) is 74.3 Å². The van der Waals surface area contributed by atoms with Crippen LogP contribution in [0.1, 0.15) is 42.4 Å². The Kier molecular flexibility index (Phi) is 7.56. The molecule has 2 amide bonds. The van der Waals surface area contributed by atoms with Crippen LogP contribution in [0.2, 0.25) is 0 Å². The number of nitrogens with zero attached hydrogens (tertiary/aromatic N) is 4. The highest BCUT2D eigenvalue weighted by molar-refractivity contribution is 6.15. The van der Waals surface area contributed by atoms with Crippen LogP contribution in [0.25, 0.3) is 21.8 Å². The average molecular weight is 563 g/mol. The second-order valence-electron chi connectivity index (χ2n) is 11.5. The summed E-state index contributed by atoms with van der Waals surface area (Å²) in [5.41, 5.74) is 4.87. The van der Waals surface area contributed by atoms with Crippen LogP contribution < -0.4 is 15.0 Å². The Balaban J connectivity index is 1.41. The quantitative estimate of drug-likeness (QED) is 0.319. The van der Waals surface area contributed by atoms with Crippen molar-refractivity contribution in [1.82, 2.24) is 19.7 Å². The first-order valence-corrected chi connectivity index (χ1v) is 13.7. The van der Waals surface area contributed by atoms with Gasteiger partial charge in [-0.25, -0.2) is 4.79 Å². The number of H-pyrrole nitrogens is 1. The van der Waals surface area contributed by atoms with Crippen molar-refractivity contribution in [1.29, 1.82) is 0 Å². The van der Waals surface area contributed by atoms with E-state index in [-0.39, 0.29) is 18.8 Å². The van der Waals surface area contributed by atoms with Crippen LogP contribution in [0.4, 0.5) is 16.2 Å². The van der Waals surface area contributed by atoms with Gasteiger partial charge in [0.15, 0.2) is 12.5 Å². The molecule has 1 aliphatic rings. The molecule has 0 aliphatic carbocycles. The van der Waals surface area contributed by atoms with Gasteiger partial charge in [-0.2, -0.15) is 5.10 Å². The van der Waals surface area contributed by atoms with Crippen molar-refractivity contribution in [3.05, 3.63) is 47.3 Å². The number of aryl methyl sites for hydroxylation is 3. The van der Waals surface area contributed by atoms with E-state index in [0.717, 1.165) is 38.8 Å². The molecule has 4 aromatic rings. The molecule has 11 nitrogen and oxygen atoms in total. The lowest BCUT2D eigenvalue weighted by Crippen LogP contribution is -2.50. The number of carbonyl (C=O) groups is 2. The number of methoxy groups -OCH3 is 1. The second-order valence-corrected chi connectivity index (χ2v) is 11.5. The molecule has 218 valence electrons. The zero-order valence-corrected chi connectivity index (χ0v) is 24.8. The Morgan fingerprint density at radius 3 is 2.51 bits per heavy atom. The number of hydrogen-bond donors (Lipinski definition) is 2. The normalized spacial score (nSPS) is 14.1. The largest absolute Gasteiger partial charge is 0.465 e. The van der Waals surface area contributed by atoms with Crippen molar-refractivity contribution < 1.29 is 23.8 Å². The maximum Gasteiger partial charge on any atom is 0.410 e. The van der Waals surface area contributed by atoms with Crippen molar-refractivity contribution in [3.63, 3.8) is 0 Å². The highest BCUT2D eigenvalue weighted by Crippen LogP contribution is 2.36. The van der Waals surface area contributed by atoms with Gasteiger partial charge in [-0.05, 0) is 58.9 Å². The molecule has 3 heterocycles. The molecule has 2 aromatic carbocycles. The number of carbonyl (C=O) groups excluding carboxylic acids is 2. The van der Waals surface area contributed by atoms with E-state index in [4.69, 9.17) is 14.2 Å². The molecule has 5 rings (SSSR count). The summed E-state index contributed by atoms with van der Waals surface area (Å²) < 4.78 is 18.3. The van der Waals surface area contributed by atoms with Crippen LogP contribution in [0.15, 0.2) is 30.5 Å². The fourth-order valence-corrected chi connectivity index (χ4v) is 5.28. The van der Waals surface area contributed by atoms with E-state index in [9.17, 15) is 9.59 Å². The van der Waals surface area contributed by atoms with Crippen LogP contribution in [0, 0.1) is 13.8 Å². The summed E-state index contributed by atoms with van der Waals surface area (Å²) in [6, 6.07) is 7.74. The number of nitrogens with one attached hydrogen (secondary N) is 2. The highest BCUT2D eigenvalue weighted by atomic mass is 16.7. The molecule has 2 N–H and O–H groups in total. The first-order valence-electron chi connectivity index (χ1n) is 13.7. The number of benzene rings is 2. The third-order valence-electron chi connectivity index (χ3n) is 7.09. The minimum absolute atomic E-state index is 0.0397. The van der Waals surface area contributed by atoms with Gasteiger partial charge < -0.3 is 34.3 Å². The van der Waals surface area contributed by atoms with Crippen LogP contribution in [-0.4, -0.2) is 77.3 Å². The molecule has 0 unspecified atom stereocenters. The Morgan fingerprint density at radius 2 is 1.83 bits per heavy atom. The van der Waals surface area contributed by atoms with Gasteiger partial charge in [-0.3, -0.25) is 9.48 Å². The molecule has 2 aromatic heterocycles. The topological polar surface area (TPSA) is 114 Å². The molecule has 1 fully saturated rings. The maximum atomic E-state index is 13.7. The SMILES string of the molecule is COCOc1c(NC(=O)c2ccc(N3CCN(C(=O)OC(C)(C)C)CC3)c3cc(C)[nH]c23)cc2cn(C)nc2c1C. The molecule has 0 spiro atoms. The number of rotatable bonds is 6.